The van der Waals surface area contributed by atoms with E-state index in [-0.39, 0.29) is 4.90 Å². The molecule has 114 valence electrons. The minimum Gasteiger partial charge on any atom is -0.384 e. The van der Waals surface area contributed by atoms with Gasteiger partial charge in [-0.3, -0.25) is 0 Å². The van der Waals surface area contributed by atoms with Crippen molar-refractivity contribution in [3.63, 3.8) is 0 Å². The number of anilines is 1. The van der Waals surface area contributed by atoms with Gasteiger partial charge in [-0.15, -0.1) is 0 Å². The third-order valence-electron chi connectivity index (χ3n) is 2.98. The molecular weight excluding hydrogens is 288 g/mol. The molecule has 0 saturated carbocycles. The van der Waals surface area contributed by atoms with Gasteiger partial charge in [-0.1, -0.05) is 19.1 Å². The Labute approximate surface area is 125 Å². The lowest BCUT2D eigenvalue weighted by molar-refractivity contribution is 0.581. The largest absolute Gasteiger partial charge is 0.384 e. The maximum absolute atomic E-state index is 12.4. The Morgan fingerprint density at radius 2 is 2.05 bits per heavy atom. The number of benzene rings is 1. The van der Waals surface area contributed by atoms with Crippen LogP contribution in [0.15, 0.2) is 41.7 Å². The molecule has 0 spiro atoms. The minimum atomic E-state index is -3.52. The number of aromatic amines is 1. The number of imidazole rings is 1. The molecule has 0 radical (unpaired) electrons. The number of hydrogen-bond acceptors (Lipinski definition) is 4. The van der Waals surface area contributed by atoms with Crippen molar-refractivity contribution in [2.45, 2.75) is 24.7 Å². The van der Waals surface area contributed by atoms with Gasteiger partial charge in [0.15, 0.2) is 0 Å². The van der Waals surface area contributed by atoms with Gasteiger partial charge in [0.25, 0.3) is 0 Å². The molecule has 0 bridgehead atoms. The summed E-state index contributed by atoms with van der Waals surface area (Å²) in [5, 5.41) is 3.14. The summed E-state index contributed by atoms with van der Waals surface area (Å²) in [6, 6.07) is 6.93. The number of aromatic nitrogens is 2. The summed E-state index contributed by atoms with van der Waals surface area (Å²) in [6.45, 7) is 3.10. The molecule has 2 rings (SSSR count). The van der Waals surface area contributed by atoms with Crippen LogP contribution in [0.4, 0.5) is 5.69 Å². The van der Waals surface area contributed by atoms with E-state index in [4.69, 9.17) is 0 Å². The van der Waals surface area contributed by atoms with Gasteiger partial charge in [0.05, 0.1) is 12.0 Å². The van der Waals surface area contributed by atoms with Crippen molar-refractivity contribution in [3.05, 3.63) is 42.5 Å². The quantitative estimate of drug-likeness (QED) is 0.693. The second-order valence-corrected chi connectivity index (χ2v) is 6.38. The van der Waals surface area contributed by atoms with Crippen LogP contribution in [0.2, 0.25) is 0 Å². The van der Waals surface area contributed by atoms with Crippen molar-refractivity contribution in [1.29, 1.82) is 0 Å². The molecule has 0 fully saturated rings. The molecule has 0 atom stereocenters. The van der Waals surface area contributed by atoms with E-state index in [1.807, 2.05) is 13.0 Å². The molecule has 1 aromatic carbocycles. The van der Waals surface area contributed by atoms with E-state index in [0.717, 1.165) is 18.7 Å². The zero-order valence-electron chi connectivity index (χ0n) is 12.0. The van der Waals surface area contributed by atoms with Crippen LogP contribution in [0.25, 0.3) is 0 Å². The first-order chi connectivity index (χ1) is 10.1. The third kappa shape index (κ3) is 4.30. The van der Waals surface area contributed by atoms with Crippen LogP contribution >= 0.6 is 0 Å². The van der Waals surface area contributed by atoms with Crippen LogP contribution in [-0.2, 0) is 16.4 Å². The van der Waals surface area contributed by atoms with Crippen LogP contribution in [-0.4, -0.2) is 31.5 Å². The zero-order chi connectivity index (χ0) is 15.1. The minimum absolute atomic E-state index is 0.281. The van der Waals surface area contributed by atoms with Crippen molar-refractivity contribution in [3.8, 4) is 0 Å². The molecule has 7 heteroatoms. The maximum atomic E-state index is 12.4. The predicted octanol–water partition coefficient (Wildman–Crippen LogP) is 1.75. The first-order valence-corrected chi connectivity index (χ1v) is 8.41. The SMILES string of the molecule is CCCNc1ccccc1S(=O)(=O)NCCc1cnc[nH]1. The molecule has 2 aromatic rings. The van der Waals surface area contributed by atoms with Gasteiger partial charge < -0.3 is 10.3 Å². The molecule has 0 aliphatic heterocycles. The van der Waals surface area contributed by atoms with Gasteiger partial charge in [-0.2, -0.15) is 0 Å². The van der Waals surface area contributed by atoms with E-state index in [1.54, 1.807) is 30.7 Å². The highest BCUT2D eigenvalue weighted by Gasteiger charge is 2.17. The van der Waals surface area contributed by atoms with Crippen molar-refractivity contribution >= 4 is 15.7 Å². The van der Waals surface area contributed by atoms with Gasteiger partial charge in [0, 0.05) is 31.4 Å². The molecule has 6 nitrogen and oxygen atoms in total. The first kappa shape index (κ1) is 15.5. The summed E-state index contributed by atoms with van der Waals surface area (Å²) in [6.07, 6.45) is 4.77. The fourth-order valence-electron chi connectivity index (χ4n) is 1.93. The number of H-pyrrole nitrogens is 1. The monoisotopic (exact) mass is 308 g/mol. The zero-order valence-corrected chi connectivity index (χ0v) is 12.8. The number of nitrogens with one attached hydrogen (secondary N) is 3. The Kier molecular flexibility index (Phi) is 5.35. The first-order valence-electron chi connectivity index (χ1n) is 6.93. The smallest absolute Gasteiger partial charge is 0.242 e. The molecular formula is C14H20N4O2S. The summed E-state index contributed by atoms with van der Waals surface area (Å²) < 4.78 is 27.4. The van der Waals surface area contributed by atoms with E-state index >= 15 is 0 Å². The number of para-hydroxylation sites is 1. The average molecular weight is 308 g/mol. The van der Waals surface area contributed by atoms with E-state index in [1.165, 1.54) is 0 Å². The summed E-state index contributed by atoms with van der Waals surface area (Å²) in [5.74, 6) is 0. The van der Waals surface area contributed by atoms with Gasteiger partial charge in [0.2, 0.25) is 10.0 Å². The molecule has 0 aliphatic rings. The van der Waals surface area contributed by atoms with E-state index < -0.39 is 10.0 Å². The highest BCUT2D eigenvalue weighted by molar-refractivity contribution is 7.89. The van der Waals surface area contributed by atoms with E-state index in [2.05, 4.69) is 20.0 Å². The van der Waals surface area contributed by atoms with Crippen molar-refractivity contribution in [2.75, 3.05) is 18.4 Å². The summed E-state index contributed by atoms with van der Waals surface area (Å²) in [4.78, 5) is 7.13. The normalized spacial score (nSPS) is 11.5. The molecule has 0 aliphatic carbocycles. The van der Waals surface area contributed by atoms with Crippen LogP contribution in [0.5, 0.6) is 0 Å². The Balaban J connectivity index is 2.04. The van der Waals surface area contributed by atoms with Crippen molar-refractivity contribution in [2.24, 2.45) is 0 Å². The molecule has 1 aromatic heterocycles. The maximum Gasteiger partial charge on any atom is 0.242 e. The summed E-state index contributed by atoms with van der Waals surface area (Å²) >= 11 is 0. The van der Waals surface area contributed by atoms with E-state index in [9.17, 15) is 8.42 Å². The topological polar surface area (TPSA) is 86.9 Å². The van der Waals surface area contributed by atoms with Gasteiger partial charge in [-0.25, -0.2) is 18.1 Å². The van der Waals surface area contributed by atoms with Crippen molar-refractivity contribution in [1.82, 2.24) is 14.7 Å². The molecule has 1 heterocycles. The molecule has 0 saturated heterocycles. The molecule has 0 unspecified atom stereocenters. The number of sulfonamides is 1. The predicted molar refractivity (Wildman–Crippen MR) is 82.7 cm³/mol. The molecule has 0 amide bonds. The average Bonchev–Trinajstić information content (AvgIpc) is 2.98. The van der Waals surface area contributed by atoms with E-state index in [0.29, 0.717) is 18.7 Å². The van der Waals surface area contributed by atoms with Crippen LogP contribution in [0.3, 0.4) is 0 Å². The highest BCUT2D eigenvalue weighted by Crippen LogP contribution is 2.20. The van der Waals surface area contributed by atoms with Crippen LogP contribution in [0, 0.1) is 0 Å². The summed E-state index contributed by atoms with van der Waals surface area (Å²) in [7, 11) is -3.52. The van der Waals surface area contributed by atoms with Gasteiger partial charge in [-0.05, 0) is 18.6 Å². The lowest BCUT2D eigenvalue weighted by atomic mass is 10.3. The van der Waals surface area contributed by atoms with Crippen LogP contribution < -0.4 is 10.0 Å². The van der Waals surface area contributed by atoms with Gasteiger partial charge in [0.1, 0.15) is 4.90 Å². The Hall–Kier alpha value is -1.86. The standard InChI is InChI=1S/C14H20N4O2S/c1-2-8-16-13-5-3-4-6-14(13)21(19,20)18-9-7-12-10-15-11-17-12/h3-6,10-11,16,18H,2,7-9H2,1H3,(H,15,17). The lowest BCUT2D eigenvalue weighted by Gasteiger charge is -2.12. The fraction of sp³-hybridized carbons (Fsp3) is 0.357. The Bertz CT molecular complexity index is 653. The molecule has 21 heavy (non-hydrogen) atoms. The van der Waals surface area contributed by atoms with Gasteiger partial charge >= 0.3 is 0 Å². The van der Waals surface area contributed by atoms with Crippen molar-refractivity contribution < 1.29 is 8.42 Å². The van der Waals surface area contributed by atoms with Crippen LogP contribution in [0.1, 0.15) is 19.0 Å². The summed E-state index contributed by atoms with van der Waals surface area (Å²) in [5.41, 5.74) is 1.53. The number of nitrogens with zero attached hydrogens (tertiary/aromatic N) is 1. The Morgan fingerprint density at radius 3 is 2.76 bits per heavy atom. The fourth-order valence-corrected chi connectivity index (χ4v) is 3.14. The highest BCUT2D eigenvalue weighted by atomic mass is 32.2. The number of hydrogen-bond donors (Lipinski definition) is 3. The number of rotatable bonds is 8. The second kappa shape index (κ2) is 7.24. The lowest BCUT2D eigenvalue weighted by Crippen LogP contribution is -2.27. The third-order valence-corrected chi connectivity index (χ3v) is 4.50. The molecule has 3 N–H and O–H groups in total. The Morgan fingerprint density at radius 1 is 1.24 bits per heavy atom. The second-order valence-electron chi connectivity index (χ2n) is 4.65.